The molecule has 0 spiro atoms. The Bertz CT molecular complexity index is 1600. The Kier molecular flexibility index (Phi) is 4.95. The Morgan fingerprint density at radius 1 is 0.656 bits per heavy atom. The van der Waals surface area contributed by atoms with Crippen molar-refractivity contribution in [3.8, 4) is 16.9 Å². The fraction of sp³-hybridized carbons (Fsp3) is 0.0357. The predicted molar refractivity (Wildman–Crippen MR) is 152 cm³/mol. The average molecular weight is 636 g/mol. The monoisotopic (exact) mass is 636 g/mol. The number of aryl methyl sites for hydroxylation is 1. The zero-order valence-corrected chi connectivity index (χ0v) is 21.6. The van der Waals surface area contributed by atoms with Gasteiger partial charge >= 0.3 is 0 Å². The second-order valence-corrected chi connectivity index (χ2v) is 10.5. The molecule has 0 aliphatic rings. The number of halogens is 2. The summed E-state index contributed by atoms with van der Waals surface area (Å²) in [6, 6.07) is 32.7. The number of para-hydroxylation sites is 1. The first-order valence-electron chi connectivity index (χ1n) is 10.4. The van der Waals surface area contributed by atoms with Crippen LogP contribution in [0.5, 0.6) is 0 Å². The Balaban J connectivity index is 1.60. The van der Waals surface area contributed by atoms with Crippen molar-refractivity contribution in [1.29, 1.82) is 0 Å². The summed E-state index contributed by atoms with van der Waals surface area (Å²) in [7, 11) is 0. The lowest BCUT2D eigenvalue weighted by atomic mass is 10.0. The van der Waals surface area contributed by atoms with Gasteiger partial charge in [-0.3, -0.25) is 0 Å². The molecule has 4 heteroatoms. The third-order valence-electron chi connectivity index (χ3n) is 6.01. The molecule has 0 fully saturated rings. The molecule has 0 N–H and O–H groups in total. The first kappa shape index (κ1) is 20.2. The van der Waals surface area contributed by atoms with Crippen LogP contribution in [0.3, 0.4) is 0 Å². The van der Waals surface area contributed by atoms with E-state index in [0.717, 1.165) is 22.5 Å². The van der Waals surface area contributed by atoms with Gasteiger partial charge in [0, 0.05) is 34.5 Å². The number of aromatic nitrogens is 2. The van der Waals surface area contributed by atoms with Crippen molar-refractivity contribution in [2.24, 2.45) is 0 Å². The number of fused-ring (bicyclic) bond motifs is 4. The highest BCUT2D eigenvalue weighted by Gasteiger charge is 2.14. The van der Waals surface area contributed by atoms with Crippen LogP contribution in [0.4, 0.5) is 0 Å². The van der Waals surface area contributed by atoms with Gasteiger partial charge in [-0.2, -0.15) is 0 Å². The van der Waals surface area contributed by atoms with E-state index in [1.807, 2.05) is 0 Å². The van der Waals surface area contributed by atoms with Crippen LogP contribution < -0.4 is 0 Å². The summed E-state index contributed by atoms with van der Waals surface area (Å²) in [5.41, 5.74) is 8.02. The standard InChI is InChI=1S/C28H18I2N2/c1-17-13-26(31-25-8-3-2-7-22(17)25)18-5-4-6-21(14-18)32-27-11-9-19(29)15-23(27)24-16-20(30)10-12-28(24)32/h2-16H,1H3. The molecule has 0 saturated heterocycles. The van der Waals surface area contributed by atoms with E-state index in [9.17, 15) is 0 Å². The molecule has 2 heterocycles. The van der Waals surface area contributed by atoms with Gasteiger partial charge in [0.05, 0.1) is 22.2 Å². The summed E-state index contributed by atoms with van der Waals surface area (Å²) in [5, 5.41) is 3.78. The molecule has 4 aromatic carbocycles. The van der Waals surface area contributed by atoms with Crippen molar-refractivity contribution in [2.45, 2.75) is 6.92 Å². The van der Waals surface area contributed by atoms with E-state index in [-0.39, 0.29) is 0 Å². The van der Waals surface area contributed by atoms with Crippen LogP contribution in [-0.4, -0.2) is 9.55 Å². The molecule has 0 unspecified atom stereocenters. The highest BCUT2D eigenvalue weighted by atomic mass is 127. The molecule has 0 bridgehead atoms. The van der Waals surface area contributed by atoms with E-state index in [0.29, 0.717) is 0 Å². The molecular weight excluding hydrogens is 618 g/mol. The van der Waals surface area contributed by atoms with Crippen LogP contribution in [0.25, 0.3) is 49.7 Å². The smallest absolute Gasteiger partial charge is 0.0713 e. The van der Waals surface area contributed by atoms with Gasteiger partial charge in [-0.15, -0.1) is 0 Å². The zero-order chi connectivity index (χ0) is 21.8. The first-order chi connectivity index (χ1) is 15.6. The van der Waals surface area contributed by atoms with Gasteiger partial charge in [0.2, 0.25) is 0 Å². The minimum absolute atomic E-state index is 1.01. The number of nitrogens with zero attached hydrogens (tertiary/aromatic N) is 2. The molecule has 154 valence electrons. The molecule has 0 aliphatic heterocycles. The van der Waals surface area contributed by atoms with Crippen LogP contribution in [0, 0.1) is 14.1 Å². The Hall–Kier alpha value is -2.45. The first-order valence-corrected chi connectivity index (χ1v) is 12.6. The number of hydrogen-bond donors (Lipinski definition) is 0. The van der Waals surface area contributed by atoms with Crippen molar-refractivity contribution in [3.63, 3.8) is 0 Å². The summed E-state index contributed by atoms with van der Waals surface area (Å²) >= 11 is 4.79. The Morgan fingerprint density at radius 2 is 1.34 bits per heavy atom. The molecule has 0 amide bonds. The molecule has 6 rings (SSSR count). The fourth-order valence-electron chi connectivity index (χ4n) is 4.55. The fourth-order valence-corrected chi connectivity index (χ4v) is 5.53. The second kappa shape index (κ2) is 7.85. The molecule has 0 saturated carbocycles. The highest BCUT2D eigenvalue weighted by molar-refractivity contribution is 14.1. The predicted octanol–water partition coefficient (Wildman–Crippen LogP) is 8.52. The quantitative estimate of drug-likeness (QED) is 0.174. The van der Waals surface area contributed by atoms with E-state index in [2.05, 4.69) is 148 Å². The van der Waals surface area contributed by atoms with Crippen molar-refractivity contribution in [3.05, 3.63) is 104 Å². The number of pyridine rings is 1. The Morgan fingerprint density at radius 3 is 2.06 bits per heavy atom. The molecule has 2 aromatic heterocycles. The minimum Gasteiger partial charge on any atom is -0.309 e. The van der Waals surface area contributed by atoms with Gasteiger partial charge in [0.1, 0.15) is 0 Å². The number of benzene rings is 4. The third-order valence-corrected chi connectivity index (χ3v) is 7.35. The molecule has 0 aliphatic carbocycles. The zero-order valence-electron chi connectivity index (χ0n) is 17.3. The number of rotatable bonds is 2. The molecule has 32 heavy (non-hydrogen) atoms. The van der Waals surface area contributed by atoms with Crippen LogP contribution in [0.15, 0.2) is 91.0 Å². The largest absolute Gasteiger partial charge is 0.309 e. The van der Waals surface area contributed by atoms with Gasteiger partial charge in [-0.1, -0.05) is 30.3 Å². The maximum atomic E-state index is 4.97. The summed E-state index contributed by atoms with van der Waals surface area (Å²) in [5.74, 6) is 0. The van der Waals surface area contributed by atoms with Crippen LogP contribution >= 0.6 is 45.2 Å². The van der Waals surface area contributed by atoms with Gasteiger partial charge in [0.15, 0.2) is 0 Å². The van der Waals surface area contributed by atoms with Gasteiger partial charge in [-0.05, 0) is 118 Å². The van der Waals surface area contributed by atoms with Crippen LogP contribution in [0.1, 0.15) is 5.56 Å². The molecular formula is C28H18I2N2. The normalized spacial score (nSPS) is 11.6. The van der Waals surface area contributed by atoms with Crippen LogP contribution in [0.2, 0.25) is 0 Å². The lowest BCUT2D eigenvalue weighted by molar-refractivity contribution is 1.18. The molecule has 2 nitrogen and oxygen atoms in total. The summed E-state index contributed by atoms with van der Waals surface area (Å²) in [4.78, 5) is 4.97. The summed E-state index contributed by atoms with van der Waals surface area (Å²) in [6.07, 6.45) is 0. The van der Waals surface area contributed by atoms with Crippen LogP contribution in [-0.2, 0) is 0 Å². The van der Waals surface area contributed by atoms with Crippen molar-refractivity contribution >= 4 is 77.9 Å². The molecule has 0 radical (unpaired) electrons. The van der Waals surface area contributed by atoms with E-state index < -0.39 is 0 Å². The van der Waals surface area contributed by atoms with Gasteiger partial charge in [0.25, 0.3) is 0 Å². The average Bonchev–Trinajstić information content (AvgIpc) is 3.12. The SMILES string of the molecule is Cc1cc(-c2cccc(-n3c4ccc(I)cc4c4cc(I)ccc43)c2)nc2ccccc12. The topological polar surface area (TPSA) is 17.8 Å². The van der Waals surface area contributed by atoms with Crippen molar-refractivity contribution in [2.75, 3.05) is 0 Å². The third kappa shape index (κ3) is 3.31. The van der Waals surface area contributed by atoms with Crippen molar-refractivity contribution in [1.82, 2.24) is 9.55 Å². The second-order valence-electron chi connectivity index (χ2n) is 8.05. The van der Waals surface area contributed by atoms with Gasteiger partial charge in [-0.25, -0.2) is 4.98 Å². The lowest BCUT2D eigenvalue weighted by Crippen LogP contribution is -1.95. The summed E-state index contributed by atoms with van der Waals surface area (Å²) in [6.45, 7) is 2.16. The maximum Gasteiger partial charge on any atom is 0.0713 e. The lowest BCUT2D eigenvalue weighted by Gasteiger charge is -2.11. The highest BCUT2D eigenvalue weighted by Crippen LogP contribution is 2.35. The molecule has 0 atom stereocenters. The van der Waals surface area contributed by atoms with E-state index in [1.54, 1.807) is 0 Å². The summed E-state index contributed by atoms with van der Waals surface area (Å²) < 4.78 is 4.86. The Labute approximate surface area is 213 Å². The van der Waals surface area contributed by atoms with E-state index in [1.165, 1.54) is 39.9 Å². The van der Waals surface area contributed by atoms with Crippen molar-refractivity contribution < 1.29 is 0 Å². The maximum absolute atomic E-state index is 4.97. The van der Waals surface area contributed by atoms with Gasteiger partial charge < -0.3 is 4.57 Å². The van der Waals surface area contributed by atoms with E-state index >= 15 is 0 Å². The molecule has 6 aromatic rings. The number of hydrogen-bond acceptors (Lipinski definition) is 1. The minimum atomic E-state index is 1.01. The van der Waals surface area contributed by atoms with E-state index in [4.69, 9.17) is 4.98 Å².